The van der Waals surface area contributed by atoms with Gasteiger partial charge in [0.05, 0.1) is 22.6 Å². The summed E-state index contributed by atoms with van der Waals surface area (Å²) in [5, 5.41) is 18.9. The Kier molecular flexibility index (Phi) is 12.5. The highest BCUT2D eigenvalue weighted by atomic mass is 16.4. The van der Waals surface area contributed by atoms with Crippen molar-refractivity contribution in [2.24, 2.45) is 0 Å². The maximum atomic E-state index is 12.9. The predicted molar refractivity (Wildman–Crippen MR) is 175 cm³/mol. The minimum atomic E-state index is -1.32. The molecule has 2 atom stereocenters. The molecule has 4 aromatic rings. The number of anilines is 1. The Labute approximate surface area is 272 Å². The van der Waals surface area contributed by atoms with Gasteiger partial charge in [0.1, 0.15) is 12.1 Å². The molecule has 2 unspecified atom stereocenters. The molecule has 4 amide bonds. The van der Waals surface area contributed by atoms with Gasteiger partial charge in [-0.3, -0.25) is 34.2 Å². The van der Waals surface area contributed by atoms with E-state index in [9.17, 15) is 19.2 Å². The number of benzene rings is 1. The highest BCUT2D eigenvalue weighted by Gasteiger charge is 2.20. The number of hydrogen-bond acceptors (Lipinski definition) is 8. The lowest BCUT2D eigenvalue weighted by Gasteiger charge is -2.21. The van der Waals surface area contributed by atoms with Crippen molar-refractivity contribution in [1.29, 1.82) is 0 Å². The summed E-state index contributed by atoms with van der Waals surface area (Å²) in [6.07, 6.45) is 4.31. The van der Waals surface area contributed by atoms with Crippen molar-refractivity contribution in [3.05, 3.63) is 120 Å². The molecule has 0 bridgehead atoms. The van der Waals surface area contributed by atoms with Crippen molar-refractivity contribution < 1.29 is 24.3 Å². The zero-order chi connectivity index (χ0) is 33.6. The summed E-state index contributed by atoms with van der Waals surface area (Å²) in [5.41, 5.74) is 4.67. The van der Waals surface area contributed by atoms with Gasteiger partial charge >= 0.3 is 6.09 Å². The Morgan fingerprint density at radius 2 is 1.32 bits per heavy atom. The van der Waals surface area contributed by atoms with Crippen LogP contribution in [0.1, 0.15) is 46.9 Å². The number of rotatable bonds is 15. The molecule has 0 fully saturated rings. The summed E-state index contributed by atoms with van der Waals surface area (Å²) >= 11 is 0. The molecule has 0 saturated heterocycles. The number of pyridine rings is 3. The summed E-state index contributed by atoms with van der Waals surface area (Å²) < 4.78 is 0. The number of carbonyl (C=O) groups excluding carboxylic acids is 3. The first-order chi connectivity index (χ1) is 22.7. The lowest BCUT2D eigenvalue weighted by molar-refractivity contribution is -0.129. The fraction of sp³-hybridized carbons (Fsp3) is 0.265. The molecule has 5 N–H and O–H groups in total. The molecular formula is C34H38N8O5. The summed E-state index contributed by atoms with van der Waals surface area (Å²) in [6.45, 7) is 5.02. The van der Waals surface area contributed by atoms with E-state index >= 15 is 0 Å². The SMILES string of the molecule is CC(NC(=O)O)C(=O)NC(C)C(=O)NCCc1ccc(NC(=O)c2ccc(CN(Cc3ccccn3)Cc3ccccn3)nc2)cc1. The summed E-state index contributed by atoms with van der Waals surface area (Å²) in [5.74, 6) is -1.27. The van der Waals surface area contributed by atoms with Crippen LogP contribution in [0, 0.1) is 0 Å². The van der Waals surface area contributed by atoms with Crippen LogP contribution < -0.4 is 21.3 Å². The molecule has 0 spiro atoms. The zero-order valence-electron chi connectivity index (χ0n) is 26.2. The van der Waals surface area contributed by atoms with Gasteiger partial charge in [0.25, 0.3) is 5.91 Å². The van der Waals surface area contributed by atoms with Gasteiger partial charge in [-0.15, -0.1) is 0 Å². The fourth-order valence-electron chi connectivity index (χ4n) is 4.59. The van der Waals surface area contributed by atoms with Gasteiger partial charge in [0.2, 0.25) is 11.8 Å². The van der Waals surface area contributed by atoms with Crippen molar-refractivity contribution >= 4 is 29.5 Å². The van der Waals surface area contributed by atoms with Crippen molar-refractivity contribution in [2.75, 3.05) is 11.9 Å². The Hall–Kier alpha value is -5.69. The first kappa shape index (κ1) is 34.2. The first-order valence-corrected chi connectivity index (χ1v) is 15.1. The van der Waals surface area contributed by atoms with Crippen LogP contribution >= 0.6 is 0 Å². The van der Waals surface area contributed by atoms with Gasteiger partial charge in [0, 0.05) is 50.5 Å². The van der Waals surface area contributed by atoms with Gasteiger partial charge in [-0.05, 0) is 74.4 Å². The third-order valence-corrected chi connectivity index (χ3v) is 7.11. The number of amides is 4. The molecule has 1 aromatic carbocycles. The molecule has 3 heterocycles. The number of aromatic nitrogens is 3. The summed E-state index contributed by atoms with van der Waals surface area (Å²) in [6, 6.07) is 20.7. The second-order valence-corrected chi connectivity index (χ2v) is 10.9. The van der Waals surface area contributed by atoms with Gasteiger partial charge in [-0.2, -0.15) is 0 Å². The van der Waals surface area contributed by atoms with Crippen molar-refractivity contribution in [2.45, 2.75) is 52.0 Å². The average Bonchev–Trinajstić information content (AvgIpc) is 3.06. The minimum absolute atomic E-state index is 0.285. The molecule has 0 aliphatic carbocycles. The Bertz CT molecular complexity index is 1580. The summed E-state index contributed by atoms with van der Waals surface area (Å²) in [4.78, 5) is 63.6. The van der Waals surface area contributed by atoms with Crippen molar-refractivity contribution in [3.8, 4) is 0 Å². The van der Waals surface area contributed by atoms with E-state index < -0.39 is 30.0 Å². The molecule has 0 saturated carbocycles. The van der Waals surface area contributed by atoms with E-state index in [1.54, 1.807) is 36.8 Å². The fourth-order valence-corrected chi connectivity index (χ4v) is 4.59. The normalized spacial score (nSPS) is 12.1. The monoisotopic (exact) mass is 638 g/mol. The molecular weight excluding hydrogens is 600 g/mol. The number of nitrogens with zero attached hydrogens (tertiary/aromatic N) is 4. The molecule has 4 rings (SSSR count). The van der Waals surface area contributed by atoms with Gasteiger partial charge in [-0.1, -0.05) is 24.3 Å². The maximum Gasteiger partial charge on any atom is 0.405 e. The molecule has 3 aromatic heterocycles. The van der Waals surface area contributed by atoms with Crippen LogP contribution in [-0.4, -0.2) is 67.4 Å². The van der Waals surface area contributed by atoms with E-state index in [-0.39, 0.29) is 5.91 Å². The topological polar surface area (TPSA) is 179 Å². The van der Waals surface area contributed by atoms with Crippen molar-refractivity contribution in [1.82, 2.24) is 35.8 Å². The lowest BCUT2D eigenvalue weighted by atomic mass is 10.1. The van der Waals surface area contributed by atoms with Crippen molar-refractivity contribution in [3.63, 3.8) is 0 Å². The average molecular weight is 639 g/mol. The van der Waals surface area contributed by atoms with Crippen LogP contribution in [0.25, 0.3) is 0 Å². The Balaban J connectivity index is 1.24. The van der Waals surface area contributed by atoms with Crippen LogP contribution in [0.5, 0.6) is 0 Å². The van der Waals surface area contributed by atoms with E-state index in [4.69, 9.17) is 5.11 Å². The lowest BCUT2D eigenvalue weighted by Crippen LogP contribution is -2.51. The van der Waals surface area contributed by atoms with E-state index in [1.807, 2.05) is 59.9 Å². The number of carboxylic acid groups (broad SMARTS) is 1. The summed E-state index contributed by atoms with van der Waals surface area (Å²) in [7, 11) is 0. The molecule has 0 radical (unpaired) electrons. The van der Waals surface area contributed by atoms with E-state index in [2.05, 4.69) is 35.8 Å². The number of nitrogens with one attached hydrogen (secondary N) is 4. The molecule has 0 aliphatic heterocycles. The van der Waals surface area contributed by atoms with E-state index in [0.29, 0.717) is 43.9 Å². The number of carbonyl (C=O) groups is 4. The third kappa shape index (κ3) is 11.3. The van der Waals surface area contributed by atoms with E-state index in [1.165, 1.54) is 13.8 Å². The molecule has 244 valence electrons. The third-order valence-electron chi connectivity index (χ3n) is 7.11. The minimum Gasteiger partial charge on any atom is -0.465 e. The maximum absolute atomic E-state index is 12.9. The number of hydrogen-bond donors (Lipinski definition) is 5. The molecule has 47 heavy (non-hydrogen) atoms. The molecule has 13 heteroatoms. The Morgan fingerprint density at radius 3 is 1.85 bits per heavy atom. The highest BCUT2D eigenvalue weighted by molar-refractivity contribution is 6.04. The van der Waals surface area contributed by atoms with Crippen LogP contribution in [0.2, 0.25) is 0 Å². The standard InChI is InChI=1S/C34H38N8O5/c1-23(39-32(44)24(2)40-34(46)47)31(43)37-18-15-25-9-12-27(13-10-25)41-33(45)26-11-14-30(38-19-26)22-42(20-28-7-3-5-16-35-28)21-29-8-4-6-17-36-29/h3-14,16-17,19,23-24,40H,15,18,20-22H2,1-2H3,(H,37,43)(H,39,44)(H,41,45)(H,46,47). The van der Waals surface area contributed by atoms with Crippen LogP contribution in [-0.2, 0) is 35.6 Å². The van der Waals surface area contributed by atoms with Gasteiger partial charge < -0.3 is 26.4 Å². The molecule has 13 nitrogen and oxygen atoms in total. The molecule has 0 aliphatic rings. The predicted octanol–water partition coefficient (Wildman–Crippen LogP) is 3.15. The van der Waals surface area contributed by atoms with Gasteiger partial charge in [-0.25, -0.2) is 4.79 Å². The van der Waals surface area contributed by atoms with Gasteiger partial charge in [0.15, 0.2) is 0 Å². The highest BCUT2D eigenvalue weighted by Crippen LogP contribution is 2.14. The van der Waals surface area contributed by atoms with Crippen LogP contribution in [0.3, 0.4) is 0 Å². The second kappa shape index (κ2) is 17.1. The van der Waals surface area contributed by atoms with E-state index in [0.717, 1.165) is 22.6 Å². The largest absolute Gasteiger partial charge is 0.465 e. The second-order valence-electron chi connectivity index (χ2n) is 10.9. The first-order valence-electron chi connectivity index (χ1n) is 15.1. The quantitative estimate of drug-likeness (QED) is 0.131. The Morgan fingerprint density at radius 1 is 0.723 bits per heavy atom. The zero-order valence-corrected chi connectivity index (χ0v) is 26.2. The van der Waals surface area contributed by atoms with Crippen LogP contribution in [0.4, 0.5) is 10.5 Å². The van der Waals surface area contributed by atoms with Crippen LogP contribution in [0.15, 0.2) is 91.4 Å². The smallest absolute Gasteiger partial charge is 0.405 e.